The first kappa shape index (κ1) is 14.3. The van der Waals surface area contributed by atoms with Gasteiger partial charge in [-0.1, -0.05) is 0 Å². The van der Waals surface area contributed by atoms with E-state index < -0.39 is 0 Å². The number of aliphatic hydroxyl groups is 1. The van der Waals surface area contributed by atoms with Crippen molar-refractivity contribution >= 4 is 17.1 Å². The van der Waals surface area contributed by atoms with E-state index in [0.717, 1.165) is 0 Å². The van der Waals surface area contributed by atoms with E-state index in [4.69, 9.17) is 5.11 Å². The topological polar surface area (TPSA) is 94.1 Å². The second-order valence-corrected chi connectivity index (χ2v) is 4.56. The van der Waals surface area contributed by atoms with Gasteiger partial charge in [-0.05, 0) is 13.3 Å². The van der Waals surface area contributed by atoms with E-state index in [1.807, 2.05) is 0 Å². The Labute approximate surface area is 115 Å². The molecule has 2 N–H and O–H groups in total. The molecule has 2 rings (SSSR count). The van der Waals surface area contributed by atoms with Crippen LogP contribution in [0.1, 0.15) is 13.3 Å². The number of aromatic nitrogens is 4. The van der Waals surface area contributed by atoms with Crippen LogP contribution in [-0.4, -0.2) is 36.9 Å². The average Bonchev–Trinajstić information content (AvgIpc) is 2.75. The van der Waals surface area contributed by atoms with Gasteiger partial charge >= 0.3 is 5.69 Å². The van der Waals surface area contributed by atoms with Gasteiger partial charge in [0.15, 0.2) is 11.2 Å². The molecule has 0 amide bonds. The zero-order valence-corrected chi connectivity index (χ0v) is 11.9. The van der Waals surface area contributed by atoms with Crippen LogP contribution in [0.2, 0.25) is 0 Å². The van der Waals surface area contributed by atoms with Crippen molar-refractivity contribution in [1.82, 2.24) is 18.7 Å². The molecule has 0 aromatic carbocycles. The molecular weight excluding hydrogens is 262 g/mol. The van der Waals surface area contributed by atoms with Crippen molar-refractivity contribution in [1.29, 1.82) is 0 Å². The van der Waals surface area contributed by atoms with E-state index in [2.05, 4.69) is 10.3 Å². The lowest BCUT2D eigenvalue weighted by atomic mass is 10.4. The molecule has 0 aliphatic carbocycles. The van der Waals surface area contributed by atoms with Crippen LogP contribution in [0.25, 0.3) is 11.2 Å². The van der Waals surface area contributed by atoms with E-state index in [-0.39, 0.29) is 17.9 Å². The lowest BCUT2D eigenvalue weighted by Crippen LogP contribution is -2.39. The van der Waals surface area contributed by atoms with Gasteiger partial charge in [0.05, 0.1) is 0 Å². The highest BCUT2D eigenvalue weighted by atomic mass is 16.3. The first-order chi connectivity index (χ1) is 9.52. The average molecular weight is 281 g/mol. The van der Waals surface area contributed by atoms with Crippen molar-refractivity contribution in [3.05, 3.63) is 20.8 Å². The third-order valence-corrected chi connectivity index (χ3v) is 3.29. The Balaban J connectivity index is 2.65. The molecule has 8 nitrogen and oxygen atoms in total. The van der Waals surface area contributed by atoms with Crippen LogP contribution >= 0.6 is 0 Å². The van der Waals surface area contributed by atoms with Crippen LogP contribution in [0, 0.1) is 0 Å². The molecule has 8 heteroatoms. The summed E-state index contributed by atoms with van der Waals surface area (Å²) in [4.78, 5) is 28.7. The van der Waals surface area contributed by atoms with Crippen molar-refractivity contribution in [3.8, 4) is 0 Å². The summed E-state index contributed by atoms with van der Waals surface area (Å²) < 4.78 is 4.19. The first-order valence-corrected chi connectivity index (χ1v) is 6.53. The zero-order valence-electron chi connectivity index (χ0n) is 11.9. The molecule has 0 spiro atoms. The van der Waals surface area contributed by atoms with Crippen molar-refractivity contribution in [2.75, 3.05) is 18.5 Å². The first-order valence-electron chi connectivity index (χ1n) is 6.53. The van der Waals surface area contributed by atoms with Gasteiger partial charge in [-0.25, -0.2) is 4.79 Å². The van der Waals surface area contributed by atoms with E-state index in [0.29, 0.717) is 36.6 Å². The molecule has 2 heterocycles. The highest BCUT2D eigenvalue weighted by Gasteiger charge is 2.17. The highest BCUT2D eigenvalue weighted by Crippen LogP contribution is 2.13. The van der Waals surface area contributed by atoms with Crippen molar-refractivity contribution in [3.63, 3.8) is 0 Å². The Morgan fingerprint density at radius 2 is 1.95 bits per heavy atom. The largest absolute Gasteiger partial charge is 0.396 e. The maximum absolute atomic E-state index is 12.3. The van der Waals surface area contributed by atoms with Gasteiger partial charge in [0, 0.05) is 33.8 Å². The Morgan fingerprint density at radius 3 is 2.55 bits per heavy atom. The molecule has 0 fully saturated rings. The molecule has 0 saturated carbocycles. The van der Waals surface area contributed by atoms with Crippen LogP contribution in [0.3, 0.4) is 0 Å². The SMILES string of the molecule is CCn1c(=O)c2c(nc(NCCCO)n2C)n(C)c1=O. The van der Waals surface area contributed by atoms with Crippen LogP contribution < -0.4 is 16.6 Å². The molecule has 0 bridgehead atoms. The van der Waals surface area contributed by atoms with E-state index >= 15 is 0 Å². The van der Waals surface area contributed by atoms with Gasteiger partial charge in [0.25, 0.3) is 5.56 Å². The lowest BCUT2D eigenvalue weighted by Gasteiger charge is -2.06. The van der Waals surface area contributed by atoms with Crippen LogP contribution in [0.15, 0.2) is 9.59 Å². The zero-order chi connectivity index (χ0) is 14.9. The Morgan fingerprint density at radius 1 is 1.25 bits per heavy atom. The van der Waals surface area contributed by atoms with Gasteiger partial charge in [0.1, 0.15) is 0 Å². The van der Waals surface area contributed by atoms with E-state index in [9.17, 15) is 9.59 Å². The fourth-order valence-corrected chi connectivity index (χ4v) is 2.16. The molecule has 2 aromatic heterocycles. The van der Waals surface area contributed by atoms with E-state index in [1.54, 1.807) is 25.6 Å². The number of aryl methyl sites for hydroxylation is 2. The van der Waals surface area contributed by atoms with Gasteiger partial charge in [0.2, 0.25) is 5.95 Å². The van der Waals surface area contributed by atoms with Gasteiger partial charge < -0.3 is 15.0 Å². The predicted molar refractivity (Wildman–Crippen MR) is 76.1 cm³/mol. The summed E-state index contributed by atoms with van der Waals surface area (Å²) in [6.45, 7) is 2.70. The minimum Gasteiger partial charge on any atom is -0.396 e. The predicted octanol–water partition coefficient (Wildman–Crippen LogP) is -0.752. The number of fused-ring (bicyclic) bond motifs is 1. The smallest absolute Gasteiger partial charge is 0.332 e. The summed E-state index contributed by atoms with van der Waals surface area (Å²) in [5.74, 6) is 0.509. The summed E-state index contributed by atoms with van der Waals surface area (Å²) in [6, 6.07) is 0. The van der Waals surface area contributed by atoms with Crippen LogP contribution in [0.4, 0.5) is 5.95 Å². The summed E-state index contributed by atoms with van der Waals surface area (Å²) in [6.07, 6.45) is 0.585. The van der Waals surface area contributed by atoms with Gasteiger partial charge in [-0.15, -0.1) is 0 Å². The van der Waals surface area contributed by atoms with Crippen LogP contribution in [-0.2, 0) is 20.6 Å². The Hall–Kier alpha value is -2.09. The number of rotatable bonds is 5. The number of imidazole rings is 1. The molecular formula is C12H19N5O3. The second kappa shape index (κ2) is 5.49. The number of anilines is 1. The maximum atomic E-state index is 12.3. The number of aliphatic hydroxyl groups excluding tert-OH is 1. The Kier molecular flexibility index (Phi) is 3.93. The second-order valence-electron chi connectivity index (χ2n) is 4.56. The number of nitrogens with zero attached hydrogens (tertiary/aromatic N) is 4. The summed E-state index contributed by atoms with van der Waals surface area (Å²) >= 11 is 0. The fourth-order valence-electron chi connectivity index (χ4n) is 2.16. The molecule has 0 atom stereocenters. The molecule has 20 heavy (non-hydrogen) atoms. The molecule has 2 aromatic rings. The molecule has 0 unspecified atom stereocenters. The van der Waals surface area contributed by atoms with Crippen molar-refractivity contribution in [2.24, 2.45) is 14.1 Å². The van der Waals surface area contributed by atoms with Crippen molar-refractivity contribution in [2.45, 2.75) is 19.9 Å². The Bertz CT molecular complexity index is 740. The fraction of sp³-hybridized carbons (Fsp3) is 0.583. The normalized spacial score (nSPS) is 11.2. The van der Waals surface area contributed by atoms with Gasteiger partial charge in [-0.3, -0.25) is 13.9 Å². The minimum absolute atomic E-state index is 0.0814. The summed E-state index contributed by atoms with van der Waals surface area (Å²) in [5, 5.41) is 11.8. The number of hydrogen-bond acceptors (Lipinski definition) is 5. The summed E-state index contributed by atoms with van der Waals surface area (Å²) in [7, 11) is 3.32. The standard InChI is InChI=1S/C12H19N5O3/c1-4-17-10(19)8-9(16(3)12(17)20)14-11(15(8)2)13-6-5-7-18/h18H,4-7H2,1-3H3,(H,13,14). The monoisotopic (exact) mass is 281 g/mol. The lowest BCUT2D eigenvalue weighted by molar-refractivity contribution is 0.292. The molecule has 0 radical (unpaired) electrons. The summed E-state index contributed by atoms with van der Waals surface area (Å²) in [5.41, 5.74) is 0.0416. The quantitative estimate of drug-likeness (QED) is 0.703. The van der Waals surface area contributed by atoms with Crippen molar-refractivity contribution < 1.29 is 5.11 Å². The maximum Gasteiger partial charge on any atom is 0.332 e. The molecule has 0 aliphatic heterocycles. The van der Waals surface area contributed by atoms with E-state index in [1.165, 1.54) is 9.13 Å². The van der Waals surface area contributed by atoms with Gasteiger partial charge in [-0.2, -0.15) is 4.98 Å². The van der Waals surface area contributed by atoms with Crippen LogP contribution in [0.5, 0.6) is 0 Å². The number of nitrogens with one attached hydrogen (secondary N) is 1. The third kappa shape index (κ3) is 2.11. The molecule has 0 saturated heterocycles. The molecule has 110 valence electrons. The third-order valence-electron chi connectivity index (χ3n) is 3.29. The molecule has 0 aliphatic rings. The minimum atomic E-state index is -0.370. The number of hydrogen-bond donors (Lipinski definition) is 2. The highest BCUT2D eigenvalue weighted by molar-refractivity contribution is 5.74.